The number of fused-ring (bicyclic) bond motifs is 2. The molecule has 0 aliphatic carbocycles. The number of benzene rings is 2. The van der Waals surface area contributed by atoms with Crippen molar-refractivity contribution in [3.05, 3.63) is 78.6 Å². The Morgan fingerprint density at radius 1 is 0.870 bits per heavy atom. The lowest BCUT2D eigenvalue weighted by atomic mass is 10.1. The molecule has 0 radical (unpaired) electrons. The van der Waals surface area contributed by atoms with Gasteiger partial charge >= 0.3 is 0 Å². The number of carbonyl (C=O) groups excluding carboxylic acids is 1. The number of carbonyl (C=O) groups is 1. The highest BCUT2D eigenvalue weighted by atomic mass is 32.2. The molecule has 0 saturated carbocycles. The molecule has 0 N–H and O–H groups in total. The Bertz CT molecular complexity index is 876. The number of para-hydroxylation sites is 2. The third kappa shape index (κ3) is 2.17. The van der Waals surface area contributed by atoms with Gasteiger partial charge in [-0.05, 0) is 36.4 Å². The number of hydrogen-bond acceptors (Lipinski definition) is 3. The van der Waals surface area contributed by atoms with E-state index in [-0.39, 0.29) is 5.91 Å². The monoisotopic (exact) mass is 320 g/mol. The Labute approximate surface area is 135 Å². The van der Waals surface area contributed by atoms with E-state index in [2.05, 4.69) is 4.98 Å². The van der Waals surface area contributed by atoms with Crippen LogP contribution < -0.4 is 4.90 Å². The van der Waals surface area contributed by atoms with E-state index in [1.54, 1.807) is 41.6 Å². The van der Waals surface area contributed by atoms with E-state index in [1.807, 2.05) is 36.4 Å². The zero-order valence-corrected chi connectivity index (χ0v) is 12.9. The van der Waals surface area contributed by atoms with Crippen LogP contribution in [0.15, 0.2) is 82.8 Å². The van der Waals surface area contributed by atoms with Crippen LogP contribution in [0.2, 0.25) is 0 Å². The number of nitrogens with zero attached hydrogens (tertiary/aromatic N) is 2. The standard InChI is InChI=1S/C18H12N2O2S/c21-18(13-6-5-11-19-12-13)20-14-7-1-3-9-16(14)23(22)17-10-4-2-8-15(17)20/h1-12H. The maximum absolute atomic E-state index is 13.0. The summed E-state index contributed by atoms with van der Waals surface area (Å²) in [6.07, 6.45) is 3.17. The van der Waals surface area contributed by atoms with Gasteiger partial charge in [0, 0.05) is 12.4 Å². The van der Waals surface area contributed by atoms with Crippen LogP contribution in [0, 0.1) is 0 Å². The number of hydrogen-bond donors (Lipinski definition) is 0. The van der Waals surface area contributed by atoms with Crippen molar-refractivity contribution in [2.24, 2.45) is 0 Å². The van der Waals surface area contributed by atoms with Gasteiger partial charge in [-0.15, -0.1) is 0 Å². The molecule has 0 bridgehead atoms. The highest BCUT2D eigenvalue weighted by Gasteiger charge is 2.32. The Hall–Kier alpha value is -2.79. The Balaban J connectivity index is 1.95. The third-order valence-corrected chi connectivity index (χ3v) is 5.21. The maximum Gasteiger partial charge on any atom is 0.264 e. The molecule has 0 atom stereocenters. The summed E-state index contributed by atoms with van der Waals surface area (Å²) in [5.41, 5.74) is 1.79. The topological polar surface area (TPSA) is 50.3 Å². The molecule has 4 rings (SSSR count). The van der Waals surface area contributed by atoms with E-state index < -0.39 is 10.8 Å². The maximum atomic E-state index is 13.0. The molecule has 0 saturated heterocycles. The van der Waals surface area contributed by atoms with E-state index in [0.717, 1.165) is 0 Å². The highest BCUT2D eigenvalue weighted by molar-refractivity contribution is 7.85. The summed E-state index contributed by atoms with van der Waals surface area (Å²) < 4.78 is 12.8. The normalized spacial score (nSPS) is 13.3. The van der Waals surface area contributed by atoms with Gasteiger partial charge in [0.15, 0.2) is 0 Å². The number of amides is 1. The van der Waals surface area contributed by atoms with Crippen molar-refractivity contribution in [3.63, 3.8) is 0 Å². The molecule has 1 amide bonds. The van der Waals surface area contributed by atoms with E-state index in [0.29, 0.717) is 26.7 Å². The molecular weight excluding hydrogens is 308 g/mol. The average molecular weight is 320 g/mol. The fourth-order valence-electron chi connectivity index (χ4n) is 2.68. The van der Waals surface area contributed by atoms with E-state index in [1.165, 1.54) is 0 Å². The molecule has 1 aliphatic rings. The first-order chi connectivity index (χ1) is 11.3. The number of aromatic nitrogens is 1. The number of anilines is 2. The largest absolute Gasteiger partial charge is 0.274 e. The van der Waals surface area contributed by atoms with Crippen LogP contribution in [-0.2, 0) is 10.8 Å². The third-order valence-electron chi connectivity index (χ3n) is 3.72. The van der Waals surface area contributed by atoms with Gasteiger partial charge in [0.05, 0.1) is 37.5 Å². The minimum Gasteiger partial charge on any atom is -0.274 e. The Morgan fingerprint density at radius 3 is 2.04 bits per heavy atom. The molecule has 0 spiro atoms. The summed E-state index contributed by atoms with van der Waals surface area (Å²) in [6, 6.07) is 18.0. The van der Waals surface area contributed by atoms with Crippen molar-refractivity contribution in [2.45, 2.75) is 9.79 Å². The summed E-state index contributed by atoms with van der Waals surface area (Å²) >= 11 is 0. The molecule has 1 aliphatic heterocycles. The molecule has 1 aromatic heterocycles. The Morgan fingerprint density at radius 2 is 1.48 bits per heavy atom. The zero-order valence-electron chi connectivity index (χ0n) is 12.0. The van der Waals surface area contributed by atoms with Crippen LogP contribution in [0.1, 0.15) is 10.4 Å². The second-order valence-corrected chi connectivity index (χ2v) is 6.50. The van der Waals surface area contributed by atoms with Crippen LogP contribution in [0.4, 0.5) is 11.4 Å². The summed E-state index contributed by atoms with van der Waals surface area (Å²) in [5, 5.41) is 0. The predicted octanol–water partition coefficient (Wildman–Crippen LogP) is 3.54. The zero-order chi connectivity index (χ0) is 15.8. The molecule has 4 nitrogen and oxygen atoms in total. The van der Waals surface area contributed by atoms with E-state index in [9.17, 15) is 9.00 Å². The summed E-state index contributed by atoms with van der Waals surface area (Å²) in [5.74, 6) is -0.185. The molecule has 2 aromatic carbocycles. The fraction of sp³-hybridized carbons (Fsp3) is 0. The van der Waals surface area contributed by atoms with Crippen molar-refractivity contribution >= 4 is 28.1 Å². The number of rotatable bonds is 1. The minimum absolute atomic E-state index is 0.185. The van der Waals surface area contributed by atoms with Gasteiger partial charge < -0.3 is 0 Å². The van der Waals surface area contributed by atoms with Crippen molar-refractivity contribution in [1.82, 2.24) is 4.98 Å². The lowest BCUT2D eigenvalue weighted by molar-refractivity contribution is 0.0998. The summed E-state index contributed by atoms with van der Waals surface area (Å²) in [4.78, 5) is 19.9. The molecule has 112 valence electrons. The molecular formula is C18H12N2O2S. The van der Waals surface area contributed by atoms with Gasteiger partial charge in [-0.3, -0.25) is 14.7 Å². The van der Waals surface area contributed by atoms with Crippen LogP contribution in [0.5, 0.6) is 0 Å². The lowest BCUT2D eigenvalue weighted by Crippen LogP contribution is -2.30. The Kier molecular flexibility index (Phi) is 3.28. The van der Waals surface area contributed by atoms with E-state index in [4.69, 9.17) is 0 Å². The smallest absolute Gasteiger partial charge is 0.264 e. The number of pyridine rings is 1. The van der Waals surface area contributed by atoms with Crippen molar-refractivity contribution in [3.8, 4) is 0 Å². The molecule has 5 heteroatoms. The second-order valence-electron chi connectivity index (χ2n) is 5.09. The molecule has 0 unspecified atom stereocenters. The minimum atomic E-state index is -1.29. The van der Waals surface area contributed by atoms with E-state index >= 15 is 0 Å². The molecule has 2 heterocycles. The molecule has 3 aromatic rings. The highest BCUT2D eigenvalue weighted by Crippen LogP contribution is 2.42. The van der Waals surface area contributed by atoms with Crippen molar-refractivity contribution < 1.29 is 9.00 Å². The van der Waals surface area contributed by atoms with Crippen molar-refractivity contribution in [1.29, 1.82) is 0 Å². The lowest BCUT2D eigenvalue weighted by Gasteiger charge is -2.30. The van der Waals surface area contributed by atoms with Crippen LogP contribution in [0.25, 0.3) is 0 Å². The van der Waals surface area contributed by atoms with Gasteiger partial charge in [-0.1, -0.05) is 24.3 Å². The SMILES string of the molecule is O=C(c1cccnc1)N1c2ccccc2S(=O)c2ccccc21. The van der Waals surface area contributed by atoms with Crippen LogP contribution >= 0.6 is 0 Å². The quantitative estimate of drug-likeness (QED) is 0.689. The first-order valence-electron chi connectivity index (χ1n) is 7.11. The average Bonchev–Trinajstić information content (AvgIpc) is 2.63. The molecule has 0 fully saturated rings. The first kappa shape index (κ1) is 13.8. The van der Waals surface area contributed by atoms with Crippen LogP contribution in [-0.4, -0.2) is 15.1 Å². The van der Waals surface area contributed by atoms with Crippen LogP contribution in [0.3, 0.4) is 0 Å². The van der Waals surface area contributed by atoms with Gasteiger partial charge in [0.25, 0.3) is 5.91 Å². The fourth-order valence-corrected chi connectivity index (χ4v) is 4.02. The van der Waals surface area contributed by atoms with Gasteiger partial charge in [0.2, 0.25) is 0 Å². The van der Waals surface area contributed by atoms with Gasteiger partial charge in [-0.2, -0.15) is 0 Å². The summed E-state index contributed by atoms with van der Waals surface area (Å²) in [7, 11) is -1.29. The first-order valence-corrected chi connectivity index (χ1v) is 8.26. The van der Waals surface area contributed by atoms with Crippen molar-refractivity contribution in [2.75, 3.05) is 4.90 Å². The predicted molar refractivity (Wildman–Crippen MR) is 88.3 cm³/mol. The summed E-state index contributed by atoms with van der Waals surface area (Å²) in [6.45, 7) is 0. The second kappa shape index (κ2) is 5.44. The molecule has 23 heavy (non-hydrogen) atoms. The van der Waals surface area contributed by atoms with Gasteiger partial charge in [-0.25, -0.2) is 4.21 Å². The van der Waals surface area contributed by atoms with Gasteiger partial charge in [0.1, 0.15) is 0 Å².